The number of allylic oxidation sites excluding steroid dienone is 3. The van der Waals surface area contributed by atoms with Gasteiger partial charge in [-0.05, 0) is 31.2 Å². The van der Waals surface area contributed by atoms with Gasteiger partial charge in [-0.15, -0.1) is 5.10 Å². The van der Waals surface area contributed by atoms with Crippen LogP contribution in [-0.2, 0) is 4.79 Å². The minimum atomic E-state index is -0.213. The number of hydrogen-bond donors (Lipinski definition) is 1. The summed E-state index contributed by atoms with van der Waals surface area (Å²) in [4.78, 5) is 16.3. The highest BCUT2D eigenvalue weighted by Crippen LogP contribution is 2.33. The number of quaternary nitrogens is 1. The number of nitrogens with zero attached hydrogens (tertiary/aromatic N) is 4. The number of fused-ring (bicyclic) bond motifs is 1. The minimum Gasteiger partial charge on any atom is -0.505 e. The van der Waals surface area contributed by atoms with Crippen molar-refractivity contribution < 1.29 is 19.1 Å². The van der Waals surface area contributed by atoms with Crippen LogP contribution in [0, 0.1) is 0 Å². The molecule has 0 saturated carbocycles. The third-order valence-corrected chi connectivity index (χ3v) is 5.59. The van der Waals surface area contributed by atoms with Crippen molar-refractivity contribution in [2.75, 3.05) is 33.3 Å². The Morgan fingerprint density at radius 3 is 2.86 bits per heavy atom. The van der Waals surface area contributed by atoms with Gasteiger partial charge < -0.3 is 14.3 Å². The van der Waals surface area contributed by atoms with Crippen molar-refractivity contribution in [2.45, 2.75) is 19.8 Å². The topological polar surface area (TPSA) is 76.2 Å². The van der Waals surface area contributed by atoms with Gasteiger partial charge in [0.25, 0.3) is 5.88 Å². The van der Waals surface area contributed by atoms with Gasteiger partial charge in [0, 0.05) is 24.6 Å². The molecule has 1 N–H and O–H groups in total. The second-order valence-corrected chi connectivity index (χ2v) is 7.70. The van der Waals surface area contributed by atoms with E-state index in [2.05, 4.69) is 17.1 Å². The molecule has 1 saturated heterocycles. The Morgan fingerprint density at radius 1 is 1.29 bits per heavy atom. The number of aromatic nitrogens is 2. The Hall–Kier alpha value is -2.93. The molecule has 4 rings (SSSR count). The zero-order valence-electron chi connectivity index (χ0n) is 16.3. The second-order valence-electron chi connectivity index (χ2n) is 7.70. The average Bonchev–Trinajstić information content (AvgIpc) is 3.26. The molecule has 0 amide bonds. The van der Waals surface area contributed by atoms with Crippen LogP contribution in [0.2, 0.25) is 0 Å². The molecule has 7 heteroatoms. The number of hydrogen-bond acceptors (Lipinski definition) is 5. The summed E-state index contributed by atoms with van der Waals surface area (Å²) in [6.07, 6.45) is 7.30. The van der Waals surface area contributed by atoms with E-state index in [9.17, 15) is 9.90 Å². The molecule has 2 aromatic heterocycles. The first kappa shape index (κ1) is 18.4. The standard InChI is InChI=1S/C21H24N4O3/c1-15-18(26)9-8-16(20(15)27)22-19-17-7-3-4-10-24(17)23-21(19)28-14-13-25(2)11-5-6-12-25/h3-4,7-10H,5-6,11-14H2,1-2H3/p+1/b22-16+. The zero-order chi connectivity index (χ0) is 19.7. The summed E-state index contributed by atoms with van der Waals surface area (Å²) in [5, 5.41) is 14.8. The Morgan fingerprint density at radius 2 is 2.07 bits per heavy atom. The van der Waals surface area contributed by atoms with E-state index in [0.29, 0.717) is 23.9 Å². The van der Waals surface area contributed by atoms with Gasteiger partial charge in [-0.2, -0.15) is 0 Å². The molecule has 28 heavy (non-hydrogen) atoms. The molecular weight excluding hydrogens is 356 g/mol. The van der Waals surface area contributed by atoms with Gasteiger partial charge in [-0.3, -0.25) is 4.79 Å². The number of aliphatic hydroxyl groups is 1. The molecule has 0 aromatic carbocycles. The van der Waals surface area contributed by atoms with E-state index in [1.54, 1.807) is 11.4 Å². The van der Waals surface area contributed by atoms with E-state index >= 15 is 0 Å². The van der Waals surface area contributed by atoms with E-state index in [4.69, 9.17) is 4.74 Å². The van der Waals surface area contributed by atoms with E-state index < -0.39 is 0 Å². The number of ketones is 1. The summed E-state index contributed by atoms with van der Waals surface area (Å²) in [7, 11) is 2.26. The number of pyridine rings is 1. The molecule has 0 radical (unpaired) electrons. The lowest BCUT2D eigenvalue weighted by atomic mass is 10.0. The van der Waals surface area contributed by atoms with Crippen LogP contribution in [0.5, 0.6) is 5.88 Å². The van der Waals surface area contributed by atoms with Crippen LogP contribution in [0.25, 0.3) is 5.52 Å². The van der Waals surface area contributed by atoms with Crippen LogP contribution in [0.3, 0.4) is 0 Å². The molecule has 0 atom stereocenters. The Balaban J connectivity index is 1.65. The van der Waals surface area contributed by atoms with Crippen molar-refractivity contribution in [3.8, 4) is 5.88 Å². The SMILES string of the molecule is CC1=C(O)/C(=N/c2c(OCC[N+]3(C)CCCC3)nn3ccccc23)C=CC1=O. The van der Waals surface area contributed by atoms with Crippen LogP contribution in [0.1, 0.15) is 19.8 Å². The summed E-state index contributed by atoms with van der Waals surface area (Å²) in [6.45, 7) is 5.42. The lowest BCUT2D eigenvalue weighted by molar-refractivity contribution is -0.897. The number of likely N-dealkylation sites (tertiary alicyclic amines) is 1. The largest absolute Gasteiger partial charge is 0.505 e. The summed E-state index contributed by atoms with van der Waals surface area (Å²) in [5.74, 6) is 0.111. The zero-order valence-corrected chi connectivity index (χ0v) is 16.3. The van der Waals surface area contributed by atoms with Crippen molar-refractivity contribution in [3.63, 3.8) is 0 Å². The van der Waals surface area contributed by atoms with Crippen LogP contribution in [-0.4, -0.2) is 64.0 Å². The Kier molecular flexibility index (Phi) is 4.77. The molecular formula is C21H25N4O3+. The molecule has 1 aliphatic heterocycles. The lowest BCUT2D eigenvalue weighted by Crippen LogP contribution is -2.43. The molecule has 2 aromatic rings. The molecule has 146 valence electrons. The average molecular weight is 381 g/mol. The van der Waals surface area contributed by atoms with Crippen LogP contribution >= 0.6 is 0 Å². The van der Waals surface area contributed by atoms with E-state index in [1.807, 2.05) is 24.4 Å². The second kappa shape index (κ2) is 7.24. The first-order valence-electron chi connectivity index (χ1n) is 9.62. The maximum atomic E-state index is 11.7. The first-order valence-corrected chi connectivity index (χ1v) is 9.62. The Labute approximate surface area is 163 Å². The number of aliphatic hydroxyl groups excluding tert-OH is 1. The van der Waals surface area contributed by atoms with Crippen molar-refractivity contribution in [1.82, 2.24) is 9.61 Å². The number of aliphatic imine (C=N–C) groups is 1. The summed E-state index contributed by atoms with van der Waals surface area (Å²) in [6, 6.07) is 5.69. The van der Waals surface area contributed by atoms with Crippen molar-refractivity contribution >= 4 is 22.7 Å². The van der Waals surface area contributed by atoms with Gasteiger partial charge in [0.1, 0.15) is 24.6 Å². The summed E-state index contributed by atoms with van der Waals surface area (Å²) < 4.78 is 8.76. The maximum Gasteiger partial charge on any atom is 0.260 e. The molecule has 0 unspecified atom stereocenters. The van der Waals surface area contributed by atoms with E-state index in [0.717, 1.165) is 16.5 Å². The number of carbonyl (C=O) groups excluding carboxylic acids is 1. The fourth-order valence-corrected chi connectivity index (χ4v) is 3.73. The first-order chi connectivity index (χ1) is 13.5. The van der Waals surface area contributed by atoms with Crippen LogP contribution < -0.4 is 4.74 Å². The molecule has 2 aliphatic rings. The predicted molar refractivity (Wildman–Crippen MR) is 107 cm³/mol. The molecule has 1 fully saturated rings. The monoisotopic (exact) mass is 381 g/mol. The fourth-order valence-electron chi connectivity index (χ4n) is 3.73. The third-order valence-electron chi connectivity index (χ3n) is 5.59. The van der Waals surface area contributed by atoms with Gasteiger partial charge in [-0.1, -0.05) is 6.07 Å². The number of likely N-dealkylation sites (N-methyl/N-ethyl adjacent to an activating group) is 1. The predicted octanol–water partition coefficient (Wildman–Crippen LogP) is 3.00. The van der Waals surface area contributed by atoms with Crippen molar-refractivity contribution in [2.24, 2.45) is 4.99 Å². The molecule has 0 bridgehead atoms. The highest BCUT2D eigenvalue weighted by atomic mass is 16.5. The maximum absolute atomic E-state index is 11.7. The highest BCUT2D eigenvalue weighted by molar-refractivity contribution is 6.21. The quantitative estimate of drug-likeness (QED) is 0.638. The molecule has 7 nitrogen and oxygen atoms in total. The van der Waals surface area contributed by atoms with Gasteiger partial charge in [0.05, 0.1) is 25.7 Å². The van der Waals surface area contributed by atoms with Gasteiger partial charge >= 0.3 is 0 Å². The molecule has 0 spiro atoms. The molecule has 1 aliphatic carbocycles. The number of carbonyl (C=O) groups is 1. The van der Waals surface area contributed by atoms with Crippen molar-refractivity contribution in [1.29, 1.82) is 0 Å². The van der Waals surface area contributed by atoms with Gasteiger partial charge in [-0.25, -0.2) is 9.51 Å². The van der Waals surface area contributed by atoms with E-state index in [-0.39, 0.29) is 17.1 Å². The smallest absolute Gasteiger partial charge is 0.260 e. The summed E-state index contributed by atoms with van der Waals surface area (Å²) >= 11 is 0. The summed E-state index contributed by atoms with van der Waals surface area (Å²) in [5.41, 5.74) is 1.95. The number of ether oxygens (including phenoxy) is 1. The van der Waals surface area contributed by atoms with Crippen molar-refractivity contribution in [3.05, 3.63) is 47.9 Å². The Bertz CT molecular complexity index is 1010. The third kappa shape index (κ3) is 3.45. The lowest BCUT2D eigenvalue weighted by Gasteiger charge is -2.28. The van der Waals surface area contributed by atoms with Gasteiger partial charge in [0.15, 0.2) is 11.5 Å². The van der Waals surface area contributed by atoms with Gasteiger partial charge in [0.2, 0.25) is 0 Å². The van der Waals surface area contributed by atoms with Crippen LogP contribution in [0.4, 0.5) is 5.69 Å². The molecule has 3 heterocycles. The minimum absolute atomic E-state index is 0.108. The number of rotatable bonds is 5. The normalized spacial score (nSPS) is 20.5. The highest BCUT2D eigenvalue weighted by Gasteiger charge is 2.27. The van der Waals surface area contributed by atoms with Crippen LogP contribution in [0.15, 0.2) is 52.9 Å². The fraction of sp³-hybridized carbons (Fsp3) is 0.381. The van der Waals surface area contributed by atoms with E-state index in [1.165, 1.54) is 38.1 Å².